The number of fused-ring (bicyclic) bond motifs is 2. The zero-order valence-electron chi connectivity index (χ0n) is 16.5. The normalized spacial score (nSPS) is 12.3. The summed E-state index contributed by atoms with van der Waals surface area (Å²) in [5.41, 5.74) is 8.25. The monoisotopic (exact) mass is 431 g/mol. The van der Waals surface area contributed by atoms with Crippen LogP contribution in [0.1, 0.15) is 18.7 Å². The van der Waals surface area contributed by atoms with Crippen LogP contribution in [0.15, 0.2) is 65.7 Å². The summed E-state index contributed by atoms with van der Waals surface area (Å²) < 4.78 is 1.67. The Kier molecular flexibility index (Phi) is 4.56. The van der Waals surface area contributed by atoms with E-state index in [0.29, 0.717) is 27.4 Å². The topological polar surface area (TPSA) is 115 Å². The van der Waals surface area contributed by atoms with Crippen LogP contribution in [0.4, 0.5) is 11.8 Å². The van der Waals surface area contributed by atoms with Crippen LogP contribution in [-0.4, -0.2) is 24.5 Å². The van der Waals surface area contributed by atoms with Crippen molar-refractivity contribution >= 4 is 45.3 Å². The first-order chi connectivity index (χ1) is 15.0. The highest BCUT2D eigenvalue weighted by molar-refractivity contribution is 6.35. The summed E-state index contributed by atoms with van der Waals surface area (Å²) in [5.74, 6) is 0.616. The molecule has 8 nitrogen and oxygen atoms in total. The zero-order valence-corrected chi connectivity index (χ0v) is 17.3. The van der Waals surface area contributed by atoms with E-state index in [1.54, 1.807) is 10.6 Å². The minimum absolute atomic E-state index is 0.111. The lowest BCUT2D eigenvalue weighted by atomic mass is 10.1. The summed E-state index contributed by atoms with van der Waals surface area (Å²) in [4.78, 5) is 29.2. The lowest BCUT2D eigenvalue weighted by molar-refractivity contribution is 0.774. The Balaban J connectivity index is 1.71. The number of halogens is 1. The van der Waals surface area contributed by atoms with E-state index in [-0.39, 0.29) is 17.5 Å². The number of benzene rings is 2. The maximum absolute atomic E-state index is 13.5. The van der Waals surface area contributed by atoms with E-state index < -0.39 is 0 Å². The lowest BCUT2D eigenvalue weighted by Crippen LogP contribution is -2.26. The van der Waals surface area contributed by atoms with Crippen LogP contribution in [0.2, 0.25) is 5.02 Å². The van der Waals surface area contributed by atoms with Gasteiger partial charge in [-0.05, 0) is 36.6 Å². The molecule has 5 rings (SSSR count). The second kappa shape index (κ2) is 7.41. The number of H-pyrrole nitrogens is 1. The molecule has 4 N–H and O–H groups in total. The standard InChI is InChI=1S/C22H18ClN7O/c1-12(27-20-18-19(26-11-25-18)28-22(24)29-20)16-10-13-6-5-9-15(23)17(13)21(31)30(16)14-7-3-2-4-8-14/h2-12H,1H3,(H4,24,25,26,27,28,29). The summed E-state index contributed by atoms with van der Waals surface area (Å²) in [6.07, 6.45) is 1.53. The molecule has 0 fully saturated rings. The fourth-order valence-electron chi connectivity index (χ4n) is 3.74. The highest BCUT2D eigenvalue weighted by Crippen LogP contribution is 2.28. The van der Waals surface area contributed by atoms with Crippen molar-refractivity contribution in [1.29, 1.82) is 0 Å². The second-order valence-electron chi connectivity index (χ2n) is 7.15. The number of aromatic amines is 1. The van der Waals surface area contributed by atoms with Gasteiger partial charge in [-0.25, -0.2) is 4.98 Å². The van der Waals surface area contributed by atoms with Crippen LogP contribution in [0.3, 0.4) is 0 Å². The van der Waals surface area contributed by atoms with E-state index in [1.165, 1.54) is 6.33 Å². The van der Waals surface area contributed by atoms with Gasteiger partial charge in [-0.15, -0.1) is 0 Å². The van der Waals surface area contributed by atoms with Crippen molar-refractivity contribution in [2.75, 3.05) is 11.1 Å². The fourth-order valence-corrected chi connectivity index (χ4v) is 4.00. The number of rotatable bonds is 4. The molecule has 3 aromatic heterocycles. The van der Waals surface area contributed by atoms with Gasteiger partial charge < -0.3 is 16.0 Å². The van der Waals surface area contributed by atoms with Gasteiger partial charge in [0.15, 0.2) is 11.5 Å². The maximum Gasteiger partial charge on any atom is 0.264 e. The molecule has 0 aliphatic carbocycles. The SMILES string of the molecule is CC(Nc1nc(N)nc2nc[nH]c12)c1cc2cccc(Cl)c2c(=O)n1-c1ccccc1. The summed E-state index contributed by atoms with van der Waals surface area (Å²) in [6.45, 7) is 1.95. The van der Waals surface area contributed by atoms with Gasteiger partial charge in [-0.1, -0.05) is 41.9 Å². The van der Waals surface area contributed by atoms with Crippen molar-refractivity contribution in [3.05, 3.63) is 82.0 Å². The zero-order chi connectivity index (χ0) is 21.5. The number of nitrogens with one attached hydrogen (secondary N) is 2. The Hall–Kier alpha value is -3.91. The molecule has 0 amide bonds. The number of nitrogens with two attached hydrogens (primary N) is 1. The number of para-hydroxylation sites is 1. The minimum Gasteiger partial charge on any atom is -0.368 e. The smallest absolute Gasteiger partial charge is 0.264 e. The van der Waals surface area contributed by atoms with E-state index >= 15 is 0 Å². The number of hydrogen-bond donors (Lipinski definition) is 3. The second-order valence-corrected chi connectivity index (χ2v) is 7.55. The van der Waals surface area contributed by atoms with Crippen molar-refractivity contribution in [3.63, 3.8) is 0 Å². The summed E-state index contributed by atoms with van der Waals surface area (Å²) in [6, 6.07) is 16.5. The molecule has 0 bridgehead atoms. The molecule has 31 heavy (non-hydrogen) atoms. The number of anilines is 2. The van der Waals surface area contributed by atoms with Gasteiger partial charge in [0.2, 0.25) is 5.95 Å². The van der Waals surface area contributed by atoms with E-state index in [2.05, 4.69) is 25.3 Å². The van der Waals surface area contributed by atoms with Crippen LogP contribution >= 0.6 is 11.6 Å². The van der Waals surface area contributed by atoms with Crippen molar-refractivity contribution in [2.24, 2.45) is 0 Å². The maximum atomic E-state index is 13.5. The van der Waals surface area contributed by atoms with Gasteiger partial charge in [0.25, 0.3) is 5.56 Å². The van der Waals surface area contributed by atoms with Gasteiger partial charge >= 0.3 is 0 Å². The van der Waals surface area contributed by atoms with Crippen LogP contribution < -0.4 is 16.6 Å². The van der Waals surface area contributed by atoms with Gasteiger partial charge in [-0.2, -0.15) is 9.97 Å². The molecule has 0 aliphatic heterocycles. The van der Waals surface area contributed by atoms with Crippen molar-refractivity contribution < 1.29 is 0 Å². The molecule has 3 heterocycles. The average Bonchev–Trinajstić information content (AvgIpc) is 3.22. The van der Waals surface area contributed by atoms with E-state index in [4.69, 9.17) is 17.3 Å². The largest absolute Gasteiger partial charge is 0.368 e. The number of pyridine rings is 1. The molecule has 0 saturated heterocycles. The Labute approximate surface area is 181 Å². The van der Waals surface area contributed by atoms with Crippen molar-refractivity contribution in [1.82, 2.24) is 24.5 Å². The number of hydrogen-bond acceptors (Lipinski definition) is 6. The molecular formula is C22H18ClN7O. The number of nitrogens with zero attached hydrogens (tertiary/aromatic N) is 4. The summed E-state index contributed by atoms with van der Waals surface area (Å²) in [5, 5.41) is 5.01. The molecule has 0 saturated carbocycles. The number of nitrogen functional groups attached to an aromatic ring is 1. The molecule has 154 valence electrons. The Morgan fingerprint density at radius 3 is 2.74 bits per heavy atom. The van der Waals surface area contributed by atoms with E-state index in [9.17, 15) is 4.79 Å². The third-order valence-electron chi connectivity index (χ3n) is 5.14. The van der Waals surface area contributed by atoms with Gasteiger partial charge in [0, 0.05) is 11.4 Å². The summed E-state index contributed by atoms with van der Waals surface area (Å²) in [7, 11) is 0. The van der Waals surface area contributed by atoms with Crippen molar-refractivity contribution in [3.8, 4) is 5.69 Å². The van der Waals surface area contributed by atoms with Crippen LogP contribution in [0.25, 0.3) is 27.6 Å². The molecule has 2 aromatic carbocycles. The summed E-state index contributed by atoms with van der Waals surface area (Å²) >= 11 is 6.38. The van der Waals surface area contributed by atoms with Crippen LogP contribution in [0, 0.1) is 0 Å². The lowest BCUT2D eigenvalue weighted by Gasteiger charge is -2.21. The van der Waals surface area contributed by atoms with Crippen LogP contribution in [-0.2, 0) is 0 Å². The Bertz CT molecular complexity index is 1480. The molecule has 1 atom stereocenters. The Morgan fingerprint density at radius 2 is 1.94 bits per heavy atom. The Morgan fingerprint density at radius 1 is 1.13 bits per heavy atom. The first-order valence-corrected chi connectivity index (χ1v) is 10.0. The predicted molar refractivity (Wildman–Crippen MR) is 123 cm³/mol. The molecule has 5 aromatic rings. The van der Waals surface area contributed by atoms with Crippen molar-refractivity contribution in [2.45, 2.75) is 13.0 Å². The molecule has 9 heteroatoms. The van der Waals surface area contributed by atoms with Gasteiger partial charge in [0.05, 0.1) is 22.8 Å². The molecule has 0 spiro atoms. The highest BCUT2D eigenvalue weighted by Gasteiger charge is 2.19. The highest BCUT2D eigenvalue weighted by atomic mass is 35.5. The molecule has 0 aliphatic rings. The average molecular weight is 432 g/mol. The first kappa shape index (κ1) is 19.1. The third-order valence-corrected chi connectivity index (χ3v) is 5.45. The first-order valence-electron chi connectivity index (χ1n) is 9.65. The van der Waals surface area contributed by atoms with Gasteiger partial charge in [-0.3, -0.25) is 9.36 Å². The quantitative estimate of drug-likeness (QED) is 0.395. The fraction of sp³-hybridized carbons (Fsp3) is 0.0909. The molecule has 0 radical (unpaired) electrons. The van der Waals surface area contributed by atoms with Crippen LogP contribution in [0.5, 0.6) is 0 Å². The third kappa shape index (κ3) is 3.27. The van der Waals surface area contributed by atoms with E-state index in [0.717, 1.165) is 16.8 Å². The molecular weight excluding hydrogens is 414 g/mol. The number of aromatic nitrogens is 5. The number of imidazole rings is 1. The van der Waals surface area contributed by atoms with E-state index in [1.807, 2.05) is 55.5 Å². The molecule has 1 unspecified atom stereocenters. The minimum atomic E-state index is -0.308. The predicted octanol–water partition coefficient (Wildman–Crippen LogP) is 4.07. The van der Waals surface area contributed by atoms with Gasteiger partial charge in [0.1, 0.15) is 5.52 Å².